The summed E-state index contributed by atoms with van der Waals surface area (Å²) in [5.74, 6) is 0.753. The number of hydrogen-bond donors (Lipinski definition) is 1. The molecule has 5 rings (SSSR count). The average molecular weight is 434 g/mol. The monoisotopic (exact) mass is 434 g/mol. The Balaban J connectivity index is 1.43. The second kappa shape index (κ2) is 9.01. The van der Waals surface area contributed by atoms with Gasteiger partial charge in [-0.05, 0) is 47.5 Å². The molecule has 0 aliphatic carbocycles. The van der Waals surface area contributed by atoms with Crippen LogP contribution in [0.15, 0.2) is 108 Å². The number of carbonyl (C=O) groups excluding carboxylic acids is 1. The van der Waals surface area contributed by atoms with E-state index < -0.39 is 5.92 Å². The summed E-state index contributed by atoms with van der Waals surface area (Å²) in [6.45, 7) is 0. The topological polar surface area (TPSA) is 64.4 Å². The van der Waals surface area contributed by atoms with Crippen molar-refractivity contribution in [3.8, 4) is 17.2 Å². The number of ether oxygens (including phenoxy) is 1. The van der Waals surface area contributed by atoms with E-state index in [1.165, 1.54) is 0 Å². The molecule has 5 heteroatoms. The summed E-state index contributed by atoms with van der Waals surface area (Å²) in [5, 5.41) is 3.05. The molecule has 0 radical (unpaired) electrons. The van der Waals surface area contributed by atoms with Crippen molar-refractivity contribution < 1.29 is 13.9 Å². The molecule has 1 amide bonds. The standard InChI is InChI=1S/C28H22N2O3/c1-32-23-15-12-21(13-16-23)28-30-24-17-14-22(18-25(24)33-28)29-27(31)26(19-8-4-2-5-9-19)20-10-6-3-7-11-20/h2-18,26H,1H3,(H,29,31). The summed E-state index contributed by atoms with van der Waals surface area (Å²) >= 11 is 0. The number of benzene rings is 4. The van der Waals surface area contributed by atoms with Crippen LogP contribution >= 0.6 is 0 Å². The maximum Gasteiger partial charge on any atom is 0.236 e. The highest BCUT2D eigenvalue weighted by atomic mass is 16.5. The van der Waals surface area contributed by atoms with Gasteiger partial charge in [-0.1, -0.05) is 60.7 Å². The third kappa shape index (κ3) is 4.34. The van der Waals surface area contributed by atoms with Crippen molar-refractivity contribution >= 4 is 22.7 Å². The highest BCUT2D eigenvalue weighted by molar-refractivity contribution is 5.99. The van der Waals surface area contributed by atoms with E-state index in [0.29, 0.717) is 17.2 Å². The average Bonchev–Trinajstić information content (AvgIpc) is 3.29. The number of amides is 1. The van der Waals surface area contributed by atoms with Gasteiger partial charge in [-0.15, -0.1) is 0 Å². The first kappa shape index (κ1) is 20.5. The van der Waals surface area contributed by atoms with Crippen LogP contribution in [0.25, 0.3) is 22.6 Å². The molecule has 0 spiro atoms. The van der Waals surface area contributed by atoms with E-state index in [2.05, 4.69) is 10.3 Å². The number of hydrogen-bond acceptors (Lipinski definition) is 4. The number of nitrogens with zero attached hydrogens (tertiary/aromatic N) is 1. The van der Waals surface area contributed by atoms with E-state index in [1.54, 1.807) is 13.2 Å². The first-order valence-electron chi connectivity index (χ1n) is 10.7. The van der Waals surface area contributed by atoms with Crippen LogP contribution in [-0.4, -0.2) is 18.0 Å². The quantitative estimate of drug-likeness (QED) is 0.342. The van der Waals surface area contributed by atoms with E-state index in [-0.39, 0.29) is 5.91 Å². The number of anilines is 1. The molecule has 1 heterocycles. The van der Waals surface area contributed by atoms with Gasteiger partial charge in [-0.2, -0.15) is 0 Å². The zero-order valence-electron chi connectivity index (χ0n) is 18.1. The molecule has 1 N–H and O–H groups in total. The predicted octanol–water partition coefficient (Wildman–Crippen LogP) is 6.27. The molecule has 0 fully saturated rings. The Morgan fingerprint density at radius 3 is 2.09 bits per heavy atom. The first-order valence-corrected chi connectivity index (χ1v) is 10.7. The van der Waals surface area contributed by atoms with Crippen molar-refractivity contribution in [2.24, 2.45) is 0 Å². The molecular formula is C28H22N2O3. The predicted molar refractivity (Wildman–Crippen MR) is 129 cm³/mol. The lowest BCUT2D eigenvalue weighted by Crippen LogP contribution is -2.22. The summed E-state index contributed by atoms with van der Waals surface area (Å²) in [4.78, 5) is 17.9. The minimum absolute atomic E-state index is 0.110. The van der Waals surface area contributed by atoms with Crippen LogP contribution in [0.1, 0.15) is 17.0 Å². The van der Waals surface area contributed by atoms with Crippen LogP contribution in [0.5, 0.6) is 5.75 Å². The minimum Gasteiger partial charge on any atom is -0.497 e. The Kier molecular flexibility index (Phi) is 5.60. The molecule has 0 unspecified atom stereocenters. The minimum atomic E-state index is -0.423. The third-order valence-electron chi connectivity index (χ3n) is 5.52. The molecule has 5 aromatic rings. The first-order chi connectivity index (χ1) is 16.2. The fourth-order valence-corrected chi connectivity index (χ4v) is 3.86. The van der Waals surface area contributed by atoms with Crippen LogP contribution in [0.4, 0.5) is 5.69 Å². The van der Waals surface area contributed by atoms with Crippen molar-refractivity contribution in [1.82, 2.24) is 4.98 Å². The Bertz CT molecular complexity index is 1340. The van der Waals surface area contributed by atoms with Gasteiger partial charge in [-0.3, -0.25) is 4.79 Å². The summed E-state index contributed by atoms with van der Waals surface area (Å²) in [6, 6.07) is 32.6. The highest BCUT2D eigenvalue weighted by Gasteiger charge is 2.23. The van der Waals surface area contributed by atoms with E-state index >= 15 is 0 Å². The van der Waals surface area contributed by atoms with Crippen LogP contribution in [0, 0.1) is 0 Å². The number of carbonyl (C=O) groups is 1. The van der Waals surface area contributed by atoms with E-state index in [1.807, 2.05) is 97.1 Å². The molecule has 0 aliphatic rings. The molecule has 0 aliphatic heterocycles. The molecule has 0 saturated heterocycles. The van der Waals surface area contributed by atoms with Crippen molar-refractivity contribution in [3.05, 3.63) is 114 Å². The van der Waals surface area contributed by atoms with Crippen LogP contribution in [-0.2, 0) is 4.79 Å². The van der Waals surface area contributed by atoms with Crippen LogP contribution < -0.4 is 10.1 Å². The SMILES string of the molecule is COc1ccc(-c2nc3ccc(NC(=O)C(c4ccccc4)c4ccccc4)cc3o2)cc1. The van der Waals surface area contributed by atoms with Gasteiger partial charge in [0.1, 0.15) is 11.3 Å². The summed E-state index contributed by atoms with van der Waals surface area (Å²) < 4.78 is 11.2. The Morgan fingerprint density at radius 2 is 1.48 bits per heavy atom. The van der Waals surface area contributed by atoms with Crippen LogP contribution in [0.3, 0.4) is 0 Å². The zero-order valence-corrected chi connectivity index (χ0v) is 18.1. The number of oxazole rings is 1. The van der Waals surface area contributed by atoms with Crippen molar-refractivity contribution in [2.45, 2.75) is 5.92 Å². The Morgan fingerprint density at radius 1 is 0.848 bits per heavy atom. The maximum absolute atomic E-state index is 13.4. The molecule has 4 aromatic carbocycles. The van der Waals surface area contributed by atoms with Crippen LogP contribution in [0.2, 0.25) is 0 Å². The van der Waals surface area contributed by atoms with E-state index in [4.69, 9.17) is 9.15 Å². The number of fused-ring (bicyclic) bond motifs is 1. The molecule has 33 heavy (non-hydrogen) atoms. The second-order valence-electron chi connectivity index (χ2n) is 7.67. The van der Waals surface area contributed by atoms with Crippen molar-refractivity contribution in [1.29, 1.82) is 0 Å². The maximum atomic E-state index is 13.4. The number of aromatic nitrogens is 1. The number of rotatable bonds is 6. The van der Waals surface area contributed by atoms with Gasteiger partial charge >= 0.3 is 0 Å². The van der Waals surface area contributed by atoms with Gasteiger partial charge in [0, 0.05) is 17.3 Å². The smallest absolute Gasteiger partial charge is 0.236 e. The summed E-state index contributed by atoms with van der Waals surface area (Å²) in [6.07, 6.45) is 0. The Hall–Kier alpha value is -4.38. The van der Waals surface area contributed by atoms with Gasteiger partial charge in [0.15, 0.2) is 5.58 Å². The molecule has 0 saturated carbocycles. The summed E-state index contributed by atoms with van der Waals surface area (Å²) in [5.41, 5.74) is 4.70. The largest absolute Gasteiger partial charge is 0.497 e. The summed E-state index contributed by atoms with van der Waals surface area (Å²) in [7, 11) is 1.63. The fourth-order valence-electron chi connectivity index (χ4n) is 3.86. The number of methoxy groups -OCH3 is 1. The lowest BCUT2D eigenvalue weighted by atomic mass is 9.90. The van der Waals surface area contributed by atoms with Gasteiger partial charge in [0.25, 0.3) is 0 Å². The van der Waals surface area contributed by atoms with Gasteiger partial charge < -0.3 is 14.5 Å². The molecule has 5 nitrogen and oxygen atoms in total. The normalized spacial score (nSPS) is 11.0. The molecule has 1 aromatic heterocycles. The number of nitrogens with one attached hydrogen (secondary N) is 1. The van der Waals surface area contributed by atoms with Gasteiger partial charge in [0.05, 0.1) is 13.0 Å². The van der Waals surface area contributed by atoms with Gasteiger partial charge in [-0.25, -0.2) is 4.98 Å². The molecule has 162 valence electrons. The van der Waals surface area contributed by atoms with E-state index in [0.717, 1.165) is 28.0 Å². The van der Waals surface area contributed by atoms with Crippen molar-refractivity contribution in [3.63, 3.8) is 0 Å². The van der Waals surface area contributed by atoms with E-state index in [9.17, 15) is 4.79 Å². The molecular weight excluding hydrogens is 412 g/mol. The molecule has 0 bridgehead atoms. The fraction of sp³-hybridized carbons (Fsp3) is 0.0714. The second-order valence-corrected chi connectivity index (χ2v) is 7.67. The molecule has 0 atom stereocenters. The lowest BCUT2D eigenvalue weighted by molar-refractivity contribution is -0.116. The lowest BCUT2D eigenvalue weighted by Gasteiger charge is -2.18. The van der Waals surface area contributed by atoms with Gasteiger partial charge in [0.2, 0.25) is 11.8 Å². The Labute approximate surface area is 191 Å². The van der Waals surface area contributed by atoms with Crippen molar-refractivity contribution in [2.75, 3.05) is 12.4 Å². The highest BCUT2D eigenvalue weighted by Crippen LogP contribution is 2.29. The third-order valence-corrected chi connectivity index (χ3v) is 5.52. The zero-order chi connectivity index (χ0) is 22.6.